The number of rotatable bonds is 8. The van der Waals surface area contributed by atoms with Gasteiger partial charge in [0.25, 0.3) is 0 Å². The third-order valence-corrected chi connectivity index (χ3v) is 3.75. The number of nitrogens with zero attached hydrogens (tertiary/aromatic N) is 2. The quantitative estimate of drug-likeness (QED) is 0.669. The van der Waals surface area contributed by atoms with Crippen LogP contribution in [0.5, 0.6) is 0 Å². The Morgan fingerprint density at radius 1 is 1.39 bits per heavy atom. The van der Waals surface area contributed by atoms with Crippen LogP contribution in [0.15, 0.2) is 0 Å². The smallest absolute Gasteiger partial charge is 0.243 e. The maximum atomic E-state index is 12.6. The molecule has 0 N–H and O–H groups in total. The molecular weight excluding hydrogens is 228 g/mol. The number of carbonyl (C=O) groups excluding carboxylic acids is 1. The van der Waals surface area contributed by atoms with Gasteiger partial charge < -0.3 is 9.64 Å². The summed E-state index contributed by atoms with van der Waals surface area (Å²) in [4.78, 5) is 14.4. The highest BCUT2D eigenvalue weighted by Gasteiger charge is 2.39. The molecule has 0 fully saturated rings. The Labute approximate surface area is 111 Å². The summed E-state index contributed by atoms with van der Waals surface area (Å²) in [5.74, 6) is -0.0543. The van der Waals surface area contributed by atoms with Gasteiger partial charge in [-0.2, -0.15) is 5.26 Å². The number of ether oxygens (including phenoxy) is 1. The molecule has 0 saturated carbocycles. The van der Waals surface area contributed by atoms with Crippen LogP contribution in [0, 0.1) is 16.7 Å². The lowest BCUT2D eigenvalue weighted by Crippen LogP contribution is -2.48. The first-order valence-corrected chi connectivity index (χ1v) is 6.74. The first-order valence-electron chi connectivity index (χ1n) is 6.74. The minimum absolute atomic E-state index is 0.0543. The molecule has 1 atom stereocenters. The minimum Gasteiger partial charge on any atom is -0.383 e. The van der Waals surface area contributed by atoms with Crippen LogP contribution in [0.3, 0.4) is 0 Å². The summed E-state index contributed by atoms with van der Waals surface area (Å²) < 4.78 is 5.05. The van der Waals surface area contributed by atoms with Crippen LogP contribution in [0.2, 0.25) is 0 Å². The average molecular weight is 254 g/mol. The highest BCUT2D eigenvalue weighted by atomic mass is 16.5. The number of hydrogen-bond acceptors (Lipinski definition) is 3. The van der Waals surface area contributed by atoms with Gasteiger partial charge in [-0.25, -0.2) is 0 Å². The predicted octanol–water partition coefficient (Wildman–Crippen LogP) is 2.59. The molecule has 0 aliphatic rings. The van der Waals surface area contributed by atoms with Crippen LogP contribution in [-0.2, 0) is 9.53 Å². The molecule has 4 nitrogen and oxygen atoms in total. The summed E-state index contributed by atoms with van der Waals surface area (Å²) in [6.45, 7) is 8.91. The van der Waals surface area contributed by atoms with Crippen molar-refractivity contribution in [2.45, 2.75) is 53.0 Å². The van der Waals surface area contributed by atoms with Crippen molar-refractivity contribution in [3.63, 3.8) is 0 Å². The summed E-state index contributed by atoms with van der Waals surface area (Å²) in [6, 6.07) is 2.36. The zero-order chi connectivity index (χ0) is 14.2. The number of methoxy groups -OCH3 is 1. The minimum atomic E-state index is -0.878. The Bertz CT molecular complexity index is 293. The molecule has 0 aromatic rings. The molecule has 1 amide bonds. The molecule has 0 saturated heterocycles. The number of nitriles is 1. The van der Waals surface area contributed by atoms with Gasteiger partial charge in [-0.3, -0.25) is 4.79 Å². The summed E-state index contributed by atoms with van der Waals surface area (Å²) >= 11 is 0. The number of carbonyl (C=O) groups is 1. The Morgan fingerprint density at radius 2 is 1.94 bits per heavy atom. The number of amides is 1. The molecular formula is C14H26N2O2. The normalized spacial score (nSPS) is 12.9. The van der Waals surface area contributed by atoms with Crippen molar-refractivity contribution in [3.8, 4) is 6.07 Å². The van der Waals surface area contributed by atoms with Gasteiger partial charge in [-0.15, -0.1) is 0 Å². The fraction of sp³-hybridized carbons (Fsp3) is 0.857. The molecule has 0 aliphatic heterocycles. The zero-order valence-corrected chi connectivity index (χ0v) is 12.3. The zero-order valence-electron chi connectivity index (χ0n) is 12.3. The van der Waals surface area contributed by atoms with Crippen LogP contribution >= 0.6 is 0 Å². The highest BCUT2D eigenvalue weighted by Crippen LogP contribution is 2.29. The fourth-order valence-electron chi connectivity index (χ4n) is 1.97. The van der Waals surface area contributed by atoms with Crippen molar-refractivity contribution in [1.82, 2.24) is 4.90 Å². The van der Waals surface area contributed by atoms with E-state index >= 15 is 0 Å². The molecule has 1 unspecified atom stereocenters. The third-order valence-electron chi connectivity index (χ3n) is 3.75. The van der Waals surface area contributed by atoms with Gasteiger partial charge in [-0.05, 0) is 26.2 Å². The molecule has 18 heavy (non-hydrogen) atoms. The Balaban J connectivity index is 5.10. The summed E-state index contributed by atoms with van der Waals surface area (Å²) in [5, 5.41) is 9.35. The van der Waals surface area contributed by atoms with E-state index in [0.29, 0.717) is 26.0 Å². The van der Waals surface area contributed by atoms with Gasteiger partial charge in [0.05, 0.1) is 12.7 Å². The largest absolute Gasteiger partial charge is 0.383 e. The fourth-order valence-corrected chi connectivity index (χ4v) is 1.97. The summed E-state index contributed by atoms with van der Waals surface area (Å²) in [6.07, 6.45) is 1.99. The van der Waals surface area contributed by atoms with Gasteiger partial charge >= 0.3 is 0 Å². The van der Waals surface area contributed by atoms with E-state index in [1.807, 2.05) is 27.7 Å². The maximum absolute atomic E-state index is 12.6. The van der Waals surface area contributed by atoms with E-state index in [0.717, 1.165) is 6.42 Å². The second-order valence-corrected chi connectivity index (χ2v) is 4.65. The predicted molar refractivity (Wildman–Crippen MR) is 72.0 cm³/mol. The van der Waals surface area contributed by atoms with Gasteiger partial charge in [-0.1, -0.05) is 20.8 Å². The first-order chi connectivity index (χ1) is 8.52. The van der Waals surface area contributed by atoms with Gasteiger partial charge in [0.2, 0.25) is 5.91 Å². The average Bonchev–Trinajstić information content (AvgIpc) is 2.41. The molecule has 0 aliphatic carbocycles. The SMILES string of the molecule is CCC(C)N(CCOC)C(=O)C(C#N)(CC)CC. The van der Waals surface area contributed by atoms with E-state index in [1.165, 1.54) is 0 Å². The lowest BCUT2D eigenvalue weighted by molar-refractivity contribution is -0.142. The second kappa shape index (κ2) is 8.10. The van der Waals surface area contributed by atoms with Gasteiger partial charge in [0.15, 0.2) is 0 Å². The van der Waals surface area contributed by atoms with Crippen molar-refractivity contribution in [2.75, 3.05) is 20.3 Å². The molecule has 0 aromatic carbocycles. The Morgan fingerprint density at radius 3 is 2.28 bits per heavy atom. The Kier molecular flexibility index (Phi) is 7.61. The third kappa shape index (κ3) is 3.71. The molecule has 0 spiro atoms. The summed E-state index contributed by atoms with van der Waals surface area (Å²) in [7, 11) is 1.62. The van der Waals surface area contributed by atoms with Crippen LogP contribution in [0.1, 0.15) is 47.0 Å². The lowest BCUT2D eigenvalue weighted by Gasteiger charge is -2.35. The summed E-state index contributed by atoms with van der Waals surface area (Å²) in [5.41, 5.74) is -0.878. The molecule has 104 valence electrons. The van der Waals surface area contributed by atoms with E-state index in [2.05, 4.69) is 6.07 Å². The van der Waals surface area contributed by atoms with Crippen molar-refractivity contribution in [2.24, 2.45) is 5.41 Å². The van der Waals surface area contributed by atoms with E-state index in [-0.39, 0.29) is 11.9 Å². The van der Waals surface area contributed by atoms with E-state index < -0.39 is 5.41 Å². The highest BCUT2D eigenvalue weighted by molar-refractivity contribution is 5.85. The van der Waals surface area contributed by atoms with E-state index in [4.69, 9.17) is 4.74 Å². The van der Waals surface area contributed by atoms with Crippen molar-refractivity contribution in [1.29, 1.82) is 5.26 Å². The molecule has 0 heterocycles. The van der Waals surface area contributed by atoms with Gasteiger partial charge in [0.1, 0.15) is 5.41 Å². The maximum Gasteiger partial charge on any atom is 0.243 e. The first kappa shape index (κ1) is 16.9. The van der Waals surface area contributed by atoms with Crippen molar-refractivity contribution >= 4 is 5.91 Å². The molecule has 0 aromatic heterocycles. The second-order valence-electron chi connectivity index (χ2n) is 4.65. The van der Waals surface area contributed by atoms with Crippen LogP contribution in [0.4, 0.5) is 0 Å². The molecule has 4 heteroatoms. The Hall–Kier alpha value is -1.08. The van der Waals surface area contributed by atoms with Crippen LogP contribution in [-0.4, -0.2) is 37.1 Å². The van der Waals surface area contributed by atoms with Crippen LogP contribution < -0.4 is 0 Å². The molecule has 0 bridgehead atoms. The van der Waals surface area contributed by atoms with Crippen molar-refractivity contribution in [3.05, 3.63) is 0 Å². The van der Waals surface area contributed by atoms with E-state index in [1.54, 1.807) is 12.0 Å². The molecule has 0 radical (unpaired) electrons. The van der Waals surface area contributed by atoms with Gasteiger partial charge in [0, 0.05) is 19.7 Å². The van der Waals surface area contributed by atoms with Crippen molar-refractivity contribution < 1.29 is 9.53 Å². The lowest BCUT2D eigenvalue weighted by atomic mass is 9.82. The topological polar surface area (TPSA) is 53.3 Å². The number of hydrogen-bond donors (Lipinski definition) is 0. The van der Waals surface area contributed by atoms with Crippen LogP contribution in [0.25, 0.3) is 0 Å². The van der Waals surface area contributed by atoms with E-state index in [9.17, 15) is 10.1 Å². The standard InChI is InChI=1S/C14H26N2O2/c1-6-12(4)16(9-10-18-5)13(17)14(7-2,8-3)11-15/h12H,6-10H2,1-5H3. The monoisotopic (exact) mass is 254 g/mol. The molecule has 0 rings (SSSR count).